The average Bonchev–Trinajstić information content (AvgIpc) is 3.28. The molecule has 34 heavy (non-hydrogen) atoms. The van der Waals surface area contributed by atoms with Crippen LogP contribution >= 0.6 is 0 Å². The van der Waals surface area contributed by atoms with Gasteiger partial charge in [-0.15, -0.1) is 0 Å². The van der Waals surface area contributed by atoms with E-state index in [2.05, 4.69) is 29.6 Å². The first-order valence-corrected chi connectivity index (χ1v) is 11.8. The number of anilines is 2. The summed E-state index contributed by atoms with van der Waals surface area (Å²) in [6, 6.07) is 34.3. The zero-order valence-electron chi connectivity index (χ0n) is 18.9. The summed E-state index contributed by atoms with van der Waals surface area (Å²) in [5.41, 5.74) is 5.49. The Balaban J connectivity index is 1.32. The summed E-state index contributed by atoms with van der Waals surface area (Å²) in [5, 5.41) is 3.62. The third-order valence-electron chi connectivity index (χ3n) is 6.78. The Morgan fingerprint density at radius 1 is 0.794 bits per heavy atom. The van der Waals surface area contributed by atoms with Crippen molar-refractivity contribution in [3.8, 4) is 5.75 Å². The molecule has 0 aliphatic carbocycles. The molecule has 2 aliphatic rings. The van der Waals surface area contributed by atoms with Gasteiger partial charge in [0.05, 0.1) is 0 Å². The standard InChI is InChI=1S/C30H26N2O2/c33-29(32-20-8-11-22-9-5-7-15-28(22)32)23-16-18-25(19-17-23)30(34-26-12-2-1-3-13-26)21-24-10-4-6-14-27(24)31-30/h1-7,9-10,12-19,31H,8,11,20-21H2. The SMILES string of the molecule is O=C(c1ccc(C2(Oc3ccccc3)Cc3ccccc3N2)cc1)N1CCCc2ccccc21. The number of ether oxygens (including phenoxy) is 1. The zero-order valence-corrected chi connectivity index (χ0v) is 18.9. The summed E-state index contributed by atoms with van der Waals surface area (Å²) in [7, 11) is 0. The zero-order chi connectivity index (χ0) is 23.0. The van der Waals surface area contributed by atoms with Crippen LogP contribution in [0.1, 0.15) is 33.5 Å². The number of para-hydroxylation sites is 3. The van der Waals surface area contributed by atoms with Gasteiger partial charge in [-0.05, 0) is 60.4 Å². The van der Waals surface area contributed by atoms with E-state index in [-0.39, 0.29) is 5.91 Å². The van der Waals surface area contributed by atoms with E-state index in [0.717, 1.165) is 42.1 Å². The summed E-state index contributed by atoms with van der Waals surface area (Å²) in [6.07, 6.45) is 2.70. The van der Waals surface area contributed by atoms with Gasteiger partial charge >= 0.3 is 0 Å². The average molecular weight is 447 g/mol. The van der Waals surface area contributed by atoms with Crippen molar-refractivity contribution in [1.82, 2.24) is 0 Å². The van der Waals surface area contributed by atoms with Gasteiger partial charge in [-0.3, -0.25) is 4.79 Å². The van der Waals surface area contributed by atoms with Crippen LogP contribution in [0.3, 0.4) is 0 Å². The molecule has 1 amide bonds. The fraction of sp³-hybridized carbons (Fsp3) is 0.167. The largest absolute Gasteiger partial charge is 0.464 e. The monoisotopic (exact) mass is 446 g/mol. The predicted octanol–water partition coefficient (Wildman–Crippen LogP) is 6.18. The molecule has 0 saturated carbocycles. The van der Waals surface area contributed by atoms with Crippen LogP contribution in [0.4, 0.5) is 11.4 Å². The highest BCUT2D eigenvalue weighted by molar-refractivity contribution is 6.06. The number of hydrogen-bond acceptors (Lipinski definition) is 3. The third-order valence-corrected chi connectivity index (χ3v) is 6.78. The second-order valence-corrected chi connectivity index (χ2v) is 8.97. The first-order chi connectivity index (χ1) is 16.7. The summed E-state index contributed by atoms with van der Waals surface area (Å²) in [5.74, 6) is 0.840. The number of nitrogens with one attached hydrogen (secondary N) is 1. The fourth-order valence-electron chi connectivity index (χ4n) is 5.09. The van der Waals surface area contributed by atoms with Gasteiger partial charge in [0.2, 0.25) is 5.72 Å². The molecular formula is C30H26N2O2. The van der Waals surface area contributed by atoms with Crippen molar-refractivity contribution in [3.63, 3.8) is 0 Å². The Morgan fingerprint density at radius 2 is 1.50 bits per heavy atom. The highest BCUT2D eigenvalue weighted by Crippen LogP contribution is 2.41. The molecule has 0 saturated heterocycles. The molecule has 0 spiro atoms. The van der Waals surface area contributed by atoms with Gasteiger partial charge < -0.3 is 15.0 Å². The van der Waals surface area contributed by atoms with E-state index in [0.29, 0.717) is 12.0 Å². The van der Waals surface area contributed by atoms with E-state index in [4.69, 9.17) is 4.74 Å². The second kappa shape index (κ2) is 8.38. The molecule has 2 heterocycles. The summed E-state index contributed by atoms with van der Waals surface area (Å²) < 4.78 is 6.59. The van der Waals surface area contributed by atoms with Gasteiger partial charge in [0.25, 0.3) is 5.91 Å². The number of carbonyl (C=O) groups excluding carboxylic acids is 1. The summed E-state index contributed by atoms with van der Waals surface area (Å²) in [6.45, 7) is 0.746. The molecule has 1 N–H and O–H groups in total. The normalized spacial score (nSPS) is 18.5. The highest BCUT2D eigenvalue weighted by atomic mass is 16.5. The number of nitrogens with zero attached hydrogens (tertiary/aromatic N) is 1. The van der Waals surface area contributed by atoms with Gasteiger partial charge in [0.15, 0.2) is 0 Å². The number of amides is 1. The minimum absolute atomic E-state index is 0.0411. The Kier molecular flexibility index (Phi) is 5.06. The lowest BCUT2D eigenvalue weighted by atomic mass is 9.96. The van der Waals surface area contributed by atoms with Gasteiger partial charge in [0, 0.05) is 35.5 Å². The summed E-state index contributed by atoms with van der Waals surface area (Å²) >= 11 is 0. The topological polar surface area (TPSA) is 41.6 Å². The van der Waals surface area contributed by atoms with Crippen LogP contribution in [-0.2, 0) is 18.6 Å². The van der Waals surface area contributed by atoms with Crippen molar-refractivity contribution in [2.24, 2.45) is 0 Å². The van der Waals surface area contributed by atoms with E-state index >= 15 is 0 Å². The molecule has 6 rings (SSSR count). The van der Waals surface area contributed by atoms with Crippen molar-refractivity contribution in [2.45, 2.75) is 25.0 Å². The quantitative estimate of drug-likeness (QED) is 0.407. The van der Waals surface area contributed by atoms with Crippen molar-refractivity contribution in [3.05, 3.63) is 125 Å². The first kappa shape index (κ1) is 20.5. The van der Waals surface area contributed by atoms with Crippen LogP contribution in [0.5, 0.6) is 5.75 Å². The molecule has 1 atom stereocenters. The minimum atomic E-state index is -0.732. The number of carbonyl (C=O) groups is 1. The number of hydrogen-bond donors (Lipinski definition) is 1. The van der Waals surface area contributed by atoms with Crippen LogP contribution in [0.15, 0.2) is 103 Å². The van der Waals surface area contributed by atoms with E-state index in [1.54, 1.807) is 0 Å². The molecular weight excluding hydrogens is 420 g/mol. The predicted molar refractivity (Wildman–Crippen MR) is 135 cm³/mol. The van der Waals surface area contributed by atoms with Crippen LogP contribution in [0.2, 0.25) is 0 Å². The molecule has 4 nitrogen and oxygen atoms in total. The third kappa shape index (κ3) is 3.61. The highest BCUT2D eigenvalue weighted by Gasteiger charge is 2.41. The molecule has 4 aromatic rings. The smallest absolute Gasteiger partial charge is 0.258 e. The lowest BCUT2D eigenvalue weighted by molar-refractivity contribution is 0.0981. The first-order valence-electron chi connectivity index (χ1n) is 11.8. The van der Waals surface area contributed by atoms with Gasteiger partial charge in [-0.1, -0.05) is 66.7 Å². The molecule has 168 valence electrons. The van der Waals surface area contributed by atoms with Crippen molar-refractivity contribution in [1.29, 1.82) is 0 Å². The molecule has 1 unspecified atom stereocenters. The number of aryl methyl sites for hydroxylation is 1. The molecule has 0 bridgehead atoms. The number of benzene rings is 4. The molecule has 4 heteroatoms. The van der Waals surface area contributed by atoms with Crippen molar-refractivity contribution < 1.29 is 9.53 Å². The molecule has 4 aromatic carbocycles. The second-order valence-electron chi connectivity index (χ2n) is 8.97. The maximum absolute atomic E-state index is 13.4. The van der Waals surface area contributed by atoms with E-state index < -0.39 is 5.72 Å². The molecule has 0 aromatic heterocycles. The van der Waals surface area contributed by atoms with Crippen molar-refractivity contribution in [2.75, 3.05) is 16.8 Å². The van der Waals surface area contributed by atoms with Crippen LogP contribution < -0.4 is 15.0 Å². The van der Waals surface area contributed by atoms with E-state index in [1.807, 2.05) is 83.8 Å². The Hall–Kier alpha value is -4.05. The molecule has 0 fully saturated rings. The lowest BCUT2D eigenvalue weighted by Crippen LogP contribution is -2.40. The number of rotatable bonds is 4. The number of fused-ring (bicyclic) bond motifs is 2. The molecule has 0 radical (unpaired) electrons. The minimum Gasteiger partial charge on any atom is -0.464 e. The van der Waals surface area contributed by atoms with Crippen LogP contribution in [0, 0.1) is 0 Å². The summed E-state index contributed by atoms with van der Waals surface area (Å²) in [4.78, 5) is 15.3. The maximum Gasteiger partial charge on any atom is 0.258 e. The van der Waals surface area contributed by atoms with Gasteiger partial charge in [-0.2, -0.15) is 0 Å². The Labute approximate surface area is 199 Å². The Morgan fingerprint density at radius 3 is 2.29 bits per heavy atom. The van der Waals surface area contributed by atoms with E-state index in [9.17, 15) is 4.79 Å². The van der Waals surface area contributed by atoms with Gasteiger partial charge in [-0.25, -0.2) is 0 Å². The Bertz CT molecular complexity index is 1310. The van der Waals surface area contributed by atoms with E-state index in [1.165, 1.54) is 11.1 Å². The van der Waals surface area contributed by atoms with Crippen LogP contribution in [0.25, 0.3) is 0 Å². The van der Waals surface area contributed by atoms with Gasteiger partial charge in [0.1, 0.15) is 5.75 Å². The lowest BCUT2D eigenvalue weighted by Gasteiger charge is -2.32. The molecule has 2 aliphatic heterocycles. The van der Waals surface area contributed by atoms with Crippen molar-refractivity contribution >= 4 is 17.3 Å². The van der Waals surface area contributed by atoms with Crippen LogP contribution in [-0.4, -0.2) is 12.5 Å². The maximum atomic E-state index is 13.4. The fourth-order valence-corrected chi connectivity index (χ4v) is 5.09.